The summed E-state index contributed by atoms with van der Waals surface area (Å²) >= 11 is 0. The van der Waals surface area contributed by atoms with Gasteiger partial charge in [0.05, 0.1) is 11.9 Å². The smallest absolute Gasteiger partial charge is 0.269 e. The maximum Gasteiger partial charge on any atom is 0.269 e. The van der Waals surface area contributed by atoms with Gasteiger partial charge in [0.25, 0.3) is 5.91 Å². The van der Waals surface area contributed by atoms with Crippen LogP contribution in [0.1, 0.15) is 17.4 Å². The lowest BCUT2D eigenvalue weighted by molar-refractivity contribution is -0.114. The van der Waals surface area contributed by atoms with Gasteiger partial charge < -0.3 is 11.1 Å². The third-order valence-corrected chi connectivity index (χ3v) is 1.48. The summed E-state index contributed by atoms with van der Waals surface area (Å²) in [6.07, 6.45) is 1.38. The van der Waals surface area contributed by atoms with Gasteiger partial charge in [-0.2, -0.15) is 5.10 Å². The zero-order valence-electron chi connectivity index (χ0n) is 7.37. The maximum absolute atomic E-state index is 10.9. The topological polar surface area (TPSA) is 90.0 Å². The van der Waals surface area contributed by atoms with E-state index in [1.54, 1.807) is 7.05 Å². The van der Waals surface area contributed by atoms with Gasteiger partial charge in [0.2, 0.25) is 5.91 Å². The molecule has 13 heavy (non-hydrogen) atoms. The highest BCUT2D eigenvalue weighted by atomic mass is 16.2. The minimum absolute atomic E-state index is 0.190. The Hall–Kier alpha value is -1.85. The van der Waals surface area contributed by atoms with Gasteiger partial charge in [0.1, 0.15) is 5.69 Å². The minimum atomic E-state index is -0.622. The number of carbonyl (C=O) groups excluding carboxylic acids is 2. The van der Waals surface area contributed by atoms with E-state index in [1.807, 2.05) is 0 Å². The molecule has 0 unspecified atom stereocenters. The molecule has 6 nitrogen and oxygen atoms in total. The number of rotatable bonds is 2. The molecule has 0 aromatic carbocycles. The summed E-state index contributed by atoms with van der Waals surface area (Å²) in [5.41, 5.74) is 5.61. The lowest BCUT2D eigenvalue weighted by atomic mass is 10.3. The van der Waals surface area contributed by atoms with Crippen LogP contribution in [-0.4, -0.2) is 21.6 Å². The van der Waals surface area contributed by atoms with Gasteiger partial charge in [-0.25, -0.2) is 0 Å². The fourth-order valence-corrected chi connectivity index (χ4v) is 1.01. The first-order valence-corrected chi connectivity index (χ1v) is 3.61. The van der Waals surface area contributed by atoms with E-state index in [1.165, 1.54) is 17.8 Å². The van der Waals surface area contributed by atoms with E-state index in [0.29, 0.717) is 5.69 Å². The molecule has 0 spiro atoms. The van der Waals surface area contributed by atoms with Crippen LogP contribution in [0.4, 0.5) is 5.69 Å². The third kappa shape index (κ3) is 1.84. The van der Waals surface area contributed by atoms with E-state index in [-0.39, 0.29) is 11.6 Å². The number of anilines is 1. The lowest BCUT2D eigenvalue weighted by Crippen LogP contribution is -2.19. The Balaban J connectivity index is 3.07. The second-order valence-electron chi connectivity index (χ2n) is 2.58. The van der Waals surface area contributed by atoms with Crippen molar-refractivity contribution >= 4 is 17.5 Å². The first kappa shape index (κ1) is 9.24. The number of hydrogen-bond acceptors (Lipinski definition) is 3. The molecule has 6 heteroatoms. The molecule has 0 saturated heterocycles. The highest BCUT2D eigenvalue weighted by Gasteiger charge is 2.14. The summed E-state index contributed by atoms with van der Waals surface area (Å²) in [7, 11) is 1.57. The minimum Gasteiger partial charge on any atom is -0.364 e. The number of hydrogen-bond donors (Lipinski definition) is 2. The van der Waals surface area contributed by atoms with Crippen molar-refractivity contribution in [2.24, 2.45) is 12.8 Å². The van der Waals surface area contributed by atoms with Crippen molar-refractivity contribution in [3.8, 4) is 0 Å². The molecule has 0 aliphatic rings. The van der Waals surface area contributed by atoms with Crippen LogP contribution in [0.5, 0.6) is 0 Å². The Morgan fingerprint density at radius 1 is 1.62 bits per heavy atom. The Kier molecular flexibility index (Phi) is 2.32. The van der Waals surface area contributed by atoms with E-state index in [9.17, 15) is 9.59 Å². The van der Waals surface area contributed by atoms with Gasteiger partial charge in [-0.05, 0) is 0 Å². The molecule has 1 heterocycles. The third-order valence-electron chi connectivity index (χ3n) is 1.48. The number of aryl methyl sites for hydroxylation is 1. The van der Waals surface area contributed by atoms with Crippen LogP contribution in [0, 0.1) is 0 Å². The van der Waals surface area contributed by atoms with Crippen molar-refractivity contribution in [3.63, 3.8) is 0 Å². The van der Waals surface area contributed by atoms with E-state index in [4.69, 9.17) is 5.73 Å². The molecule has 1 aromatic heterocycles. The average Bonchev–Trinajstić information content (AvgIpc) is 2.30. The molecule has 0 aliphatic heterocycles. The Morgan fingerprint density at radius 2 is 2.23 bits per heavy atom. The second kappa shape index (κ2) is 3.26. The summed E-state index contributed by atoms with van der Waals surface area (Å²) in [4.78, 5) is 21.6. The van der Waals surface area contributed by atoms with Crippen LogP contribution in [0.3, 0.4) is 0 Å². The summed E-state index contributed by atoms with van der Waals surface area (Å²) in [5.74, 6) is -0.890. The van der Waals surface area contributed by atoms with Crippen molar-refractivity contribution in [2.75, 3.05) is 5.32 Å². The van der Waals surface area contributed by atoms with Gasteiger partial charge in [-0.3, -0.25) is 14.3 Å². The molecular formula is C7H10N4O2. The first-order chi connectivity index (χ1) is 6.02. The zero-order chi connectivity index (χ0) is 10.0. The largest absolute Gasteiger partial charge is 0.364 e. The standard InChI is InChI=1S/C7H10N4O2/c1-4(12)10-5-3-9-11(2)6(5)7(8)13/h3H,1-2H3,(H2,8,13)(H,10,12). The van der Waals surface area contributed by atoms with E-state index in [0.717, 1.165) is 0 Å². The van der Waals surface area contributed by atoms with Crippen LogP contribution in [0.2, 0.25) is 0 Å². The van der Waals surface area contributed by atoms with Crippen LogP contribution in [-0.2, 0) is 11.8 Å². The average molecular weight is 182 g/mol. The van der Waals surface area contributed by atoms with E-state index >= 15 is 0 Å². The molecule has 0 radical (unpaired) electrons. The van der Waals surface area contributed by atoms with Gasteiger partial charge in [0, 0.05) is 14.0 Å². The zero-order valence-corrected chi connectivity index (χ0v) is 7.37. The molecule has 0 fully saturated rings. The number of nitrogens with two attached hydrogens (primary N) is 1. The molecule has 3 N–H and O–H groups in total. The van der Waals surface area contributed by atoms with Gasteiger partial charge in [0.15, 0.2) is 0 Å². The predicted molar refractivity (Wildman–Crippen MR) is 46.0 cm³/mol. The van der Waals surface area contributed by atoms with Crippen molar-refractivity contribution < 1.29 is 9.59 Å². The summed E-state index contributed by atoms with van der Waals surface area (Å²) in [6.45, 7) is 1.35. The molecule has 1 aromatic rings. The highest BCUT2D eigenvalue weighted by molar-refractivity contribution is 6.01. The molecule has 0 aliphatic carbocycles. The Bertz CT molecular complexity index is 355. The number of nitrogens with one attached hydrogen (secondary N) is 1. The molecule has 0 atom stereocenters. The van der Waals surface area contributed by atoms with Gasteiger partial charge in [-0.1, -0.05) is 0 Å². The number of amides is 2. The lowest BCUT2D eigenvalue weighted by Gasteiger charge is -2.01. The fourth-order valence-electron chi connectivity index (χ4n) is 1.01. The number of nitrogens with zero attached hydrogens (tertiary/aromatic N) is 2. The van der Waals surface area contributed by atoms with Crippen molar-refractivity contribution in [2.45, 2.75) is 6.92 Å². The SMILES string of the molecule is CC(=O)Nc1cnn(C)c1C(N)=O. The first-order valence-electron chi connectivity index (χ1n) is 3.61. The van der Waals surface area contributed by atoms with Crippen molar-refractivity contribution in [1.29, 1.82) is 0 Å². The second-order valence-corrected chi connectivity index (χ2v) is 2.58. The molecular weight excluding hydrogens is 172 g/mol. The Morgan fingerprint density at radius 3 is 2.69 bits per heavy atom. The predicted octanol–water partition coefficient (Wildman–Crippen LogP) is -0.523. The molecule has 70 valence electrons. The van der Waals surface area contributed by atoms with E-state index < -0.39 is 5.91 Å². The van der Waals surface area contributed by atoms with E-state index in [2.05, 4.69) is 10.4 Å². The van der Waals surface area contributed by atoms with Gasteiger partial charge in [-0.15, -0.1) is 0 Å². The number of primary amides is 1. The molecule has 2 amide bonds. The summed E-state index contributed by atoms with van der Waals surface area (Å²) in [5, 5.41) is 6.24. The molecule has 0 saturated carbocycles. The van der Waals surface area contributed by atoms with Gasteiger partial charge >= 0.3 is 0 Å². The van der Waals surface area contributed by atoms with Crippen LogP contribution in [0.25, 0.3) is 0 Å². The van der Waals surface area contributed by atoms with Crippen LogP contribution in [0.15, 0.2) is 6.20 Å². The van der Waals surface area contributed by atoms with Crippen LogP contribution >= 0.6 is 0 Å². The normalized spacial score (nSPS) is 9.69. The monoisotopic (exact) mass is 182 g/mol. The Labute approximate surface area is 74.7 Å². The maximum atomic E-state index is 10.9. The highest BCUT2D eigenvalue weighted by Crippen LogP contribution is 2.12. The summed E-state index contributed by atoms with van der Waals surface area (Å²) in [6, 6.07) is 0. The van der Waals surface area contributed by atoms with Crippen molar-refractivity contribution in [1.82, 2.24) is 9.78 Å². The molecule has 1 rings (SSSR count). The van der Waals surface area contributed by atoms with Crippen molar-refractivity contribution in [3.05, 3.63) is 11.9 Å². The quantitative estimate of drug-likeness (QED) is 0.644. The fraction of sp³-hybridized carbons (Fsp3) is 0.286. The number of carbonyl (C=O) groups is 2. The number of aromatic nitrogens is 2. The summed E-state index contributed by atoms with van der Waals surface area (Å²) < 4.78 is 1.31. The van der Waals surface area contributed by atoms with Crippen LogP contribution < -0.4 is 11.1 Å². The molecule has 0 bridgehead atoms.